The summed E-state index contributed by atoms with van der Waals surface area (Å²) in [6, 6.07) is 1.27. The number of aryl methyl sites for hydroxylation is 4. The molecule has 2 N–H and O–H groups in total. The molecule has 0 radical (unpaired) electrons. The molecule has 11 nitrogen and oxygen atoms in total. The molecule has 2 rings (SSSR count). The number of hydrogen-bond acceptors (Lipinski definition) is 6. The van der Waals surface area contributed by atoms with Gasteiger partial charge < -0.3 is 10.2 Å². The van der Waals surface area contributed by atoms with Crippen LogP contribution in [0.15, 0.2) is 6.07 Å². The van der Waals surface area contributed by atoms with Crippen LogP contribution in [0.2, 0.25) is 0 Å². The first-order valence-electron chi connectivity index (χ1n) is 9.83. The maximum absolute atomic E-state index is 10.9. The van der Waals surface area contributed by atoms with Gasteiger partial charge in [-0.05, 0) is 18.8 Å². The van der Waals surface area contributed by atoms with Crippen molar-refractivity contribution in [3.8, 4) is 0 Å². The van der Waals surface area contributed by atoms with Crippen LogP contribution >= 0.6 is 0 Å². The van der Waals surface area contributed by atoms with Gasteiger partial charge in [-0.15, -0.1) is 0 Å². The van der Waals surface area contributed by atoms with Crippen molar-refractivity contribution in [2.24, 2.45) is 14.1 Å². The molecule has 0 aliphatic rings. The fourth-order valence-electron chi connectivity index (χ4n) is 2.15. The second-order valence-corrected chi connectivity index (χ2v) is 5.14. The third-order valence-electron chi connectivity index (χ3n) is 3.21. The maximum Gasteiger partial charge on any atom is 0.361 e. The number of carboxylic acid groups (broad SMARTS) is 2. The van der Waals surface area contributed by atoms with E-state index in [0.717, 1.165) is 4.68 Å². The number of nitrogens with zero attached hydrogens (tertiary/aromatic N) is 5. The number of rotatable bonds is 7. The van der Waals surface area contributed by atoms with E-state index in [4.69, 9.17) is 15.7 Å². The average Bonchev–Trinajstić information content (AvgIpc) is 3.23. The van der Waals surface area contributed by atoms with Gasteiger partial charge in [-0.3, -0.25) is 19.5 Å². The summed E-state index contributed by atoms with van der Waals surface area (Å²) in [6.45, 7) is 3.19. The molecule has 11 heteroatoms. The topological polar surface area (TPSA) is 153 Å². The molecule has 0 unspecified atom stereocenters. The van der Waals surface area contributed by atoms with Crippen molar-refractivity contribution < 1.29 is 30.2 Å². The number of aromatic nitrogens is 4. The number of hydrogen-bond donors (Lipinski definition) is 2. The molecule has 0 aliphatic carbocycles. The van der Waals surface area contributed by atoms with Crippen LogP contribution in [0.5, 0.6) is 0 Å². The average molecular weight is 385 g/mol. The normalized spacial score (nSPS) is 13.5. The molecule has 0 amide bonds. The van der Waals surface area contributed by atoms with E-state index in [1.807, 2.05) is 0 Å². The molecule has 2 aromatic rings. The fourth-order valence-corrected chi connectivity index (χ4v) is 2.15. The summed E-state index contributed by atoms with van der Waals surface area (Å²) >= 11 is 0. The van der Waals surface area contributed by atoms with Gasteiger partial charge in [0.1, 0.15) is 11.4 Å². The molecule has 0 aromatic carbocycles. The molecule has 0 aliphatic heterocycles. The first-order chi connectivity index (χ1) is 14.1. The van der Waals surface area contributed by atoms with Gasteiger partial charge >= 0.3 is 17.6 Å². The van der Waals surface area contributed by atoms with Crippen molar-refractivity contribution in [2.45, 2.75) is 39.4 Å². The zero-order chi connectivity index (χ0) is 24.3. The Morgan fingerprint density at radius 2 is 1.74 bits per heavy atom. The Kier molecular flexibility index (Phi) is 5.59. The Balaban J connectivity index is 0.000000316. The fraction of sp³-hybridized carbons (Fsp3) is 0.500. The summed E-state index contributed by atoms with van der Waals surface area (Å²) in [4.78, 5) is 31.5. The van der Waals surface area contributed by atoms with Gasteiger partial charge in [-0.25, -0.2) is 9.59 Å². The summed E-state index contributed by atoms with van der Waals surface area (Å²) in [5.74, 6) is -2.61. The van der Waals surface area contributed by atoms with Gasteiger partial charge in [0.25, 0.3) is 0 Å². The minimum atomic E-state index is -2.03. The van der Waals surface area contributed by atoms with E-state index in [9.17, 15) is 19.7 Å². The molecular weight excluding hydrogens is 358 g/mol. The van der Waals surface area contributed by atoms with E-state index in [1.54, 1.807) is 6.92 Å². The predicted octanol–water partition coefficient (Wildman–Crippen LogP) is 2.05. The Hall–Kier alpha value is -3.24. The molecule has 0 saturated carbocycles. The van der Waals surface area contributed by atoms with E-state index in [2.05, 4.69) is 10.2 Å². The molecule has 2 aromatic heterocycles. The Bertz CT molecular complexity index is 1000. The van der Waals surface area contributed by atoms with Gasteiger partial charge in [-0.2, -0.15) is 10.2 Å². The van der Waals surface area contributed by atoms with Crippen molar-refractivity contribution in [1.82, 2.24) is 19.6 Å². The van der Waals surface area contributed by atoms with Gasteiger partial charge in [0.15, 0.2) is 0 Å². The van der Waals surface area contributed by atoms with Crippen LogP contribution in [0.4, 0.5) is 5.69 Å². The second-order valence-electron chi connectivity index (χ2n) is 5.14. The van der Waals surface area contributed by atoms with E-state index in [1.165, 1.54) is 31.8 Å². The van der Waals surface area contributed by atoms with Crippen LogP contribution < -0.4 is 0 Å². The minimum absolute atomic E-state index is 0.00248. The minimum Gasteiger partial charge on any atom is -0.477 e. The van der Waals surface area contributed by atoms with Crippen molar-refractivity contribution in [2.75, 3.05) is 0 Å². The first kappa shape index (κ1) is 16.0. The zero-order valence-electron chi connectivity index (χ0n) is 19.3. The molecular formula is C16H23N5O6. The van der Waals surface area contributed by atoms with Crippen LogP contribution in [0, 0.1) is 10.1 Å². The van der Waals surface area contributed by atoms with E-state index >= 15 is 0 Å². The Labute approximate surface area is 161 Å². The standard InChI is InChI=1S/C8H11N3O4.C8H12N2O2/c1-3-4-5-6(11(14)15)7(8(12)13)10(2)9-5;1-3-4-6-5-7(8(11)12)10(2)9-6/h3-4H2,1-2H3,(H,12,13);5H,3-4H2,1-2H3,(H,11,12)/i2*4D2. The van der Waals surface area contributed by atoms with E-state index in [-0.39, 0.29) is 24.2 Å². The number of carboxylic acids is 2. The highest BCUT2D eigenvalue weighted by molar-refractivity contribution is 5.91. The third-order valence-corrected chi connectivity index (χ3v) is 3.21. The number of carbonyl (C=O) groups is 2. The first-order valence-corrected chi connectivity index (χ1v) is 7.83. The lowest BCUT2D eigenvalue weighted by molar-refractivity contribution is -0.386. The Morgan fingerprint density at radius 1 is 1.15 bits per heavy atom. The van der Waals surface area contributed by atoms with Gasteiger partial charge in [-0.1, -0.05) is 26.7 Å². The quantitative estimate of drug-likeness (QED) is 0.542. The lowest BCUT2D eigenvalue weighted by Gasteiger charge is -1.93. The smallest absolute Gasteiger partial charge is 0.361 e. The van der Waals surface area contributed by atoms with Crippen molar-refractivity contribution in [1.29, 1.82) is 0 Å². The highest BCUT2D eigenvalue weighted by Crippen LogP contribution is 2.24. The lowest BCUT2D eigenvalue weighted by atomic mass is 10.2. The molecule has 2 heterocycles. The number of nitro groups is 1. The summed E-state index contributed by atoms with van der Waals surface area (Å²) in [5.41, 5.74) is -1.70. The van der Waals surface area contributed by atoms with Crippen LogP contribution in [-0.4, -0.2) is 46.6 Å². The highest BCUT2D eigenvalue weighted by atomic mass is 16.6. The van der Waals surface area contributed by atoms with Gasteiger partial charge in [0.05, 0.1) is 10.6 Å². The van der Waals surface area contributed by atoms with E-state index < -0.39 is 46.7 Å². The highest BCUT2D eigenvalue weighted by Gasteiger charge is 2.30. The van der Waals surface area contributed by atoms with Crippen LogP contribution in [-0.2, 0) is 26.8 Å². The molecule has 148 valence electrons. The van der Waals surface area contributed by atoms with Crippen LogP contribution in [0.25, 0.3) is 0 Å². The Morgan fingerprint density at radius 3 is 2.15 bits per heavy atom. The maximum atomic E-state index is 10.9. The van der Waals surface area contributed by atoms with Crippen molar-refractivity contribution in [3.63, 3.8) is 0 Å². The van der Waals surface area contributed by atoms with Gasteiger partial charge in [0.2, 0.25) is 5.69 Å². The molecule has 0 atom stereocenters. The van der Waals surface area contributed by atoms with Gasteiger partial charge in [0, 0.05) is 19.6 Å². The van der Waals surface area contributed by atoms with Crippen molar-refractivity contribution in [3.05, 3.63) is 39.0 Å². The predicted molar refractivity (Wildman–Crippen MR) is 95.0 cm³/mol. The number of aromatic carboxylic acids is 2. The molecule has 0 fully saturated rings. The molecule has 0 spiro atoms. The zero-order valence-corrected chi connectivity index (χ0v) is 15.3. The SMILES string of the molecule is [2H]C([2H])(CC)c1cc(C(=O)O)n(C)n1.[2H]C([2H])(CC)c1nn(C)c(C(=O)O)c1[N+](=O)[O-]. The summed E-state index contributed by atoms with van der Waals surface area (Å²) in [7, 11) is 2.71. The van der Waals surface area contributed by atoms with Crippen LogP contribution in [0.3, 0.4) is 0 Å². The monoisotopic (exact) mass is 385 g/mol. The van der Waals surface area contributed by atoms with Crippen LogP contribution in [0.1, 0.15) is 64.5 Å². The summed E-state index contributed by atoms with van der Waals surface area (Å²) < 4.78 is 32.3. The molecule has 0 bridgehead atoms. The molecule has 27 heavy (non-hydrogen) atoms. The third kappa shape index (κ3) is 5.36. The largest absolute Gasteiger partial charge is 0.477 e. The van der Waals surface area contributed by atoms with Crippen molar-refractivity contribution >= 4 is 17.6 Å². The van der Waals surface area contributed by atoms with E-state index in [0.29, 0.717) is 0 Å². The summed E-state index contributed by atoms with van der Waals surface area (Å²) in [6.07, 6.45) is -3.37. The summed E-state index contributed by atoms with van der Waals surface area (Å²) in [5, 5.41) is 35.9. The lowest BCUT2D eigenvalue weighted by Crippen LogP contribution is -2.07. The second kappa shape index (κ2) is 9.46. The molecule has 0 saturated heterocycles.